The number of ether oxygens (including phenoxy) is 1. The van der Waals surface area contributed by atoms with Gasteiger partial charge < -0.3 is 19.6 Å². The fourth-order valence-corrected chi connectivity index (χ4v) is 4.10. The smallest absolute Gasteiger partial charge is 0.270 e. The first-order chi connectivity index (χ1) is 14.8. The minimum absolute atomic E-state index is 0.148. The van der Waals surface area contributed by atoms with Crippen LogP contribution in [0.4, 0.5) is 13.2 Å². The van der Waals surface area contributed by atoms with E-state index in [1.54, 1.807) is 7.05 Å². The molecule has 1 aliphatic heterocycles. The summed E-state index contributed by atoms with van der Waals surface area (Å²) in [5.74, 6) is -2.99. The molecule has 3 heterocycles. The van der Waals surface area contributed by atoms with Gasteiger partial charge in [0, 0.05) is 35.3 Å². The number of fused-ring (bicyclic) bond motifs is 4. The molecule has 0 bridgehead atoms. The molecule has 1 amide bonds. The quantitative estimate of drug-likeness (QED) is 0.511. The van der Waals surface area contributed by atoms with Gasteiger partial charge in [0.15, 0.2) is 11.6 Å². The number of hydrogen-bond acceptors (Lipinski definition) is 3. The number of aromatic amines is 2. The number of amides is 1. The van der Waals surface area contributed by atoms with Crippen molar-refractivity contribution >= 4 is 27.6 Å². The molecule has 158 valence electrons. The number of nitrogens with zero attached hydrogens (tertiary/aromatic N) is 1. The second-order valence-corrected chi connectivity index (χ2v) is 7.52. The Labute approximate surface area is 173 Å². The van der Waals surface area contributed by atoms with E-state index >= 15 is 0 Å². The number of H-pyrrole nitrogens is 2. The molecule has 4 aromatic rings. The molecule has 2 N–H and O–H groups in total. The van der Waals surface area contributed by atoms with Gasteiger partial charge in [0.1, 0.15) is 11.5 Å². The molecule has 0 radical (unpaired) electrons. The third kappa shape index (κ3) is 3.09. The number of benzene rings is 2. The Balaban J connectivity index is 1.59. The number of pyridine rings is 1. The summed E-state index contributed by atoms with van der Waals surface area (Å²) < 4.78 is 46.3. The molecule has 0 fully saturated rings. The topological polar surface area (TPSA) is 78.2 Å². The van der Waals surface area contributed by atoms with Crippen molar-refractivity contribution in [3.8, 4) is 0 Å². The molecule has 1 aliphatic rings. The average Bonchev–Trinajstić information content (AvgIpc) is 3.15. The van der Waals surface area contributed by atoms with Gasteiger partial charge in [-0.15, -0.1) is 0 Å². The van der Waals surface area contributed by atoms with E-state index in [2.05, 4.69) is 9.97 Å². The summed E-state index contributed by atoms with van der Waals surface area (Å²) in [6.07, 6.45) is 0. The van der Waals surface area contributed by atoms with Crippen LogP contribution in [0.15, 0.2) is 41.2 Å². The zero-order chi connectivity index (χ0) is 21.9. The van der Waals surface area contributed by atoms with Crippen molar-refractivity contribution in [2.24, 2.45) is 0 Å². The Morgan fingerprint density at radius 3 is 2.65 bits per heavy atom. The summed E-state index contributed by atoms with van der Waals surface area (Å²) in [5, 5.41) is 1.08. The zero-order valence-corrected chi connectivity index (χ0v) is 16.3. The van der Waals surface area contributed by atoms with E-state index in [-0.39, 0.29) is 24.3 Å². The lowest BCUT2D eigenvalue weighted by molar-refractivity contribution is 0.0333. The molecule has 9 heteroatoms. The molecule has 6 nitrogen and oxygen atoms in total. The predicted octanol–water partition coefficient (Wildman–Crippen LogP) is 3.77. The van der Waals surface area contributed by atoms with E-state index in [0.29, 0.717) is 27.5 Å². The molecule has 31 heavy (non-hydrogen) atoms. The molecular weight excluding hydrogens is 411 g/mol. The van der Waals surface area contributed by atoms with Gasteiger partial charge in [-0.3, -0.25) is 9.59 Å². The molecule has 5 rings (SSSR count). The summed E-state index contributed by atoms with van der Waals surface area (Å²) in [4.78, 5) is 32.5. The lowest BCUT2D eigenvalue weighted by Crippen LogP contribution is -2.37. The Morgan fingerprint density at radius 1 is 1.06 bits per heavy atom. The van der Waals surface area contributed by atoms with Gasteiger partial charge in [-0.25, -0.2) is 13.2 Å². The Morgan fingerprint density at radius 2 is 1.84 bits per heavy atom. The first kappa shape index (κ1) is 19.4. The molecule has 0 aliphatic carbocycles. The van der Waals surface area contributed by atoms with Crippen LogP contribution in [-0.2, 0) is 11.3 Å². The monoisotopic (exact) mass is 427 g/mol. The summed E-state index contributed by atoms with van der Waals surface area (Å²) in [6, 6.07) is 6.82. The van der Waals surface area contributed by atoms with Gasteiger partial charge >= 0.3 is 0 Å². The average molecular weight is 427 g/mol. The van der Waals surface area contributed by atoms with Crippen LogP contribution in [0.1, 0.15) is 27.8 Å². The lowest BCUT2D eigenvalue weighted by Gasteiger charge is -2.33. The van der Waals surface area contributed by atoms with E-state index in [4.69, 9.17) is 4.74 Å². The molecule has 0 spiro atoms. The summed E-state index contributed by atoms with van der Waals surface area (Å²) in [7, 11) is 1.57. The molecule has 0 saturated heterocycles. The van der Waals surface area contributed by atoms with Crippen molar-refractivity contribution < 1.29 is 22.7 Å². The molecule has 1 atom stereocenters. The third-order valence-electron chi connectivity index (χ3n) is 5.64. The highest BCUT2D eigenvalue weighted by Gasteiger charge is 2.31. The molecule has 0 unspecified atom stereocenters. The van der Waals surface area contributed by atoms with Gasteiger partial charge in [0.25, 0.3) is 11.5 Å². The summed E-state index contributed by atoms with van der Waals surface area (Å²) >= 11 is 0. The van der Waals surface area contributed by atoms with Crippen molar-refractivity contribution in [2.75, 3.05) is 13.7 Å². The predicted molar refractivity (Wildman–Crippen MR) is 107 cm³/mol. The van der Waals surface area contributed by atoms with E-state index in [9.17, 15) is 22.8 Å². The highest BCUT2D eigenvalue weighted by molar-refractivity contribution is 5.98. The van der Waals surface area contributed by atoms with E-state index in [1.165, 1.54) is 23.1 Å². The number of carbonyl (C=O) groups excluding carboxylic acids is 1. The molecular formula is C22H16F3N3O3. The lowest BCUT2D eigenvalue weighted by atomic mass is 9.95. The van der Waals surface area contributed by atoms with Crippen molar-refractivity contribution in [2.45, 2.75) is 12.6 Å². The second-order valence-electron chi connectivity index (χ2n) is 7.52. The molecule has 0 saturated carbocycles. The second kappa shape index (κ2) is 6.98. The van der Waals surface area contributed by atoms with Crippen LogP contribution < -0.4 is 5.56 Å². The standard InChI is InChI=1S/C22H16F3N3O3/c1-28(22(30)17-5-10-4-14(24)15(25)7-16(10)26-17)19-9-31-8-18-20(19)12-3-2-11(23)6-13(12)21(29)27-18/h2-7,19,26H,8-9H2,1H3,(H,27,29)/t19-/m1/s1. The van der Waals surface area contributed by atoms with Gasteiger partial charge in [-0.2, -0.15) is 0 Å². The van der Waals surface area contributed by atoms with E-state index in [1.807, 2.05) is 0 Å². The maximum atomic E-state index is 13.7. The number of halogens is 3. The van der Waals surface area contributed by atoms with Crippen LogP contribution in [0.3, 0.4) is 0 Å². The van der Waals surface area contributed by atoms with Crippen molar-refractivity contribution in [1.82, 2.24) is 14.9 Å². The Kier molecular flexibility index (Phi) is 4.37. The Bertz CT molecular complexity index is 1390. The maximum absolute atomic E-state index is 13.7. The minimum Gasteiger partial charge on any atom is -0.373 e. The van der Waals surface area contributed by atoms with Gasteiger partial charge in [0.05, 0.1) is 24.6 Å². The first-order valence-electron chi connectivity index (χ1n) is 9.50. The maximum Gasteiger partial charge on any atom is 0.270 e. The van der Waals surface area contributed by atoms with Gasteiger partial charge in [0.2, 0.25) is 0 Å². The highest BCUT2D eigenvalue weighted by Crippen LogP contribution is 2.34. The normalized spacial score (nSPS) is 15.9. The number of rotatable bonds is 2. The number of aromatic nitrogens is 2. The first-order valence-corrected chi connectivity index (χ1v) is 9.50. The van der Waals surface area contributed by atoms with Crippen LogP contribution in [0.2, 0.25) is 0 Å². The van der Waals surface area contributed by atoms with Crippen LogP contribution in [0.5, 0.6) is 0 Å². The molecule has 2 aromatic carbocycles. The number of likely N-dealkylation sites (N-methyl/N-ethyl adjacent to an activating group) is 1. The summed E-state index contributed by atoms with van der Waals surface area (Å²) in [6.45, 7) is 0.318. The number of hydrogen-bond donors (Lipinski definition) is 2. The van der Waals surface area contributed by atoms with Crippen molar-refractivity contribution in [1.29, 1.82) is 0 Å². The van der Waals surface area contributed by atoms with Crippen LogP contribution in [0.25, 0.3) is 21.7 Å². The minimum atomic E-state index is -1.01. The zero-order valence-electron chi connectivity index (χ0n) is 16.3. The SMILES string of the molecule is CN(C(=O)c1cc2cc(F)c(F)cc2[nH]1)[C@@H]1COCc2[nH]c(=O)c3cc(F)ccc3c21. The van der Waals surface area contributed by atoms with Crippen LogP contribution >= 0.6 is 0 Å². The van der Waals surface area contributed by atoms with Gasteiger partial charge in [-0.05, 0) is 29.7 Å². The van der Waals surface area contributed by atoms with Crippen molar-refractivity contribution in [3.63, 3.8) is 0 Å². The number of carbonyl (C=O) groups is 1. The molecule has 2 aromatic heterocycles. The largest absolute Gasteiger partial charge is 0.373 e. The Hall–Kier alpha value is -3.59. The van der Waals surface area contributed by atoms with Crippen LogP contribution in [-0.4, -0.2) is 34.4 Å². The highest BCUT2D eigenvalue weighted by atomic mass is 19.2. The van der Waals surface area contributed by atoms with E-state index < -0.39 is 35.0 Å². The van der Waals surface area contributed by atoms with Crippen molar-refractivity contribution in [3.05, 3.63) is 81.2 Å². The van der Waals surface area contributed by atoms with Crippen LogP contribution in [0, 0.1) is 17.5 Å². The number of nitrogens with one attached hydrogen (secondary N) is 2. The fourth-order valence-electron chi connectivity index (χ4n) is 4.10. The van der Waals surface area contributed by atoms with E-state index in [0.717, 1.165) is 18.2 Å². The third-order valence-corrected chi connectivity index (χ3v) is 5.64. The fraction of sp³-hybridized carbons (Fsp3) is 0.182. The summed E-state index contributed by atoms with van der Waals surface area (Å²) in [5.41, 5.74) is 1.19. The van der Waals surface area contributed by atoms with Gasteiger partial charge in [-0.1, -0.05) is 6.07 Å².